The molecule has 1 aromatic carbocycles. The minimum atomic E-state index is -3.83. The SMILES string of the molecule is O=S(=O)(Nc1cnn(C2CCOCC2)c1)c1cc(Cl)ccc1Cl. The van der Waals surface area contributed by atoms with Gasteiger partial charge in [0.1, 0.15) is 4.90 Å². The van der Waals surface area contributed by atoms with Gasteiger partial charge in [-0.05, 0) is 31.0 Å². The van der Waals surface area contributed by atoms with Gasteiger partial charge in [0.15, 0.2) is 0 Å². The number of hydrogen-bond acceptors (Lipinski definition) is 4. The molecular formula is C14H15Cl2N3O3S. The first-order valence-corrected chi connectivity index (χ1v) is 9.29. The number of nitrogens with zero attached hydrogens (tertiary/aromatic N) is 2. The van der Waals surface area contributed by atoms with Gasteiger partial charge < -0.3 is 4.74 Å². The van der Waals surface area contributed by atoms with E-state index in [0.29, 0.717) is 23.9 Å². The molecule has 124 valence electrons. The van der Waals surface area contributed by atoms with Crippen LogP contribution in [0.25, 0.3) is 0 Å². The fourth-order valence-corrected chi connectivity index (χ4v) is 4.22. The van der Waals surface area contributed by atoms with Crippen LogP contribution in [-0.2, 0) is 14.8 Å². The zero-order valence-electron chi connectivity index (χ0n) is 12.1. The Hall–Kier alpha value is -1.28. The fourth-order valence-electron chi connectivity index (χ4n) is 2.43. The molecule has 23 heavy (non-hydrogen) atoms. The monoisotopic (exact) mass is 375 g/mol. The summed E-state index contributed by atoms with van der Waals surface area (Å²) in [5.41, 5.74) is 0.382. The third kappa shape index (κ3) is 3.80. The van der Waals surface area contributed by atoms with Crippen molar-refractivity contribution < 1.29 is 13.2 Å². The minimum Gasteiger partial charge on any atom is -0.381 e. The van der Waals surface area contributed by atoms with E-state index < -0.39 is 10.0 Å². The first kappa shape index (κ1) is 16.6. The fraction of sp³-hybridized carbons (Fsp3) is 0.357. The van der Waals surface area contributed by atoms with Crippen LogP contribution >= 0.6 is 23.2 Å². The van der Waals surface area contributed by atoms with Crippen LogP contribution in [0, 0.1) is 0 Å². The molecule has 1 fully saturated rings. The second-order valence-corrected chi connectivity index (χ2v) is 7.73. The summed E-state index contributed by atoms with van der Waals surface area (Å²) >= 11 is 11.8. The van der Waals surface area contributed by atoms with E-state index in [0.717, 1.165) is 12.8 Å². The highest BCUT2D eigenvalue weighted by atomic mass is 35.5. The molecule has 6 nitrogen and oxygen atoms in total. The Morgan fingerprint density at radius 1 is 1.26 bits per heavy atom. The average molecular weight is 376 g/mol. The summed E-state index contributed by atoms with van der Waals surface area (Å²) in [7, 11) is -3.83. The maximum Gasteiger partial charge on any atom is 0.263 e. The van der Waals surface area contributed by atoms with Gasteiger partial charge in [0.2, 0.25) is 0 Å². The second kappa shape index (κ2) is 6.68. The molecule has 0 atom stereocenters. The molecule has 2 heterocycles. The van der Waals surface area contributed by atoms with Crippen molar-refractivity contribution in [2.45, 2.75) is 23.8 Å². The largest absolute Gasteiger partial charge is 0.381 e. The highest BCUT2D eigenvalue weighted by Gasteiger charge is 2.21. The summed E-state index contributed by atoms with van der Waals surface area (Å²) in [5.74, 6) is 0. The Kier molecular flexibility index (Phi) is 4.82. The van der Waals surface area contributed by atoms with Crippen molar-refractivity contribution in [1.29, 1.82) is 0 Å². The van der Waals surface area contributed by atoms with Crippen LogP contribution < -0.4 is 4.72 Å². The molecule has 1 aliphatic rings. The topological polar surface area (TPSA) is 73.2 Å². The Bertz CT molecular complexity index is 801. The van der Waals surface area contributed by atoms with Gasteiger partial charge in [-0.2, -0.15) is 5.10 Å². The second-order valence-electron chi connectivity index (χ2n) is 5.23. The maximum atomic E-state index is 12.4. The van der Waals surface area contributed by atoms with E-state index in [1.165, 1.54) is 24.4 Å². The van der Waals surface area contributed by atoms with Gasteiger partial charge in [-0.1, -0.05) is 23.2 Å². The number of nitrogens with one attached hydrogen (secondary N) is 1. The van der Waals surface area contributed by atoms with E-state index in [1.54, 1.807) is 10.9 Å². The summed E-state index contributed by atoms with van der Waals surface area (Å²) in [6.07, 6.45) is 4.86. The normalized spacial score (nSPS) is 16.4. The number of ether oxygens (including phenoxy) is 1. The van der Waals surface area contributed by atoms with Gasteiger partial charge >= 0.3 is 0 Å². The minimum absolute atomic E-state index is 0.0644. The van der Waals surface area contributed by atoms with Gasteiger partial charge in [-0.15, -0.1) is 0 Å². The molecule has 1 aliphatic heterocycles. The Morgan fingerprint density at radius 2 is 2.00 bits per heavy atom. The third-order valence-corrected chi connectivity index (χ3v) is 5.70. The van der Waals surface area contributed by atoms with Crippen molar-refractivity contribution in [3.63, 3.8) is 0 Å². The quantitative estimate of drug-likeness (QED) is 0.888. The highest BCUT2D eigenvalue weighted by Crippen LogP contribution is 2.27. The van der Waals surface area contributed by atoms with Crippen molar-refractivity contribution >= 4 is 38.9 Å². The maximum absolute atomic E-state index is 12.4. The van der Waals surface area contributed by atoms with Gasteiger partial charge in [0, 0.05) is 24.4 Å². The summed E-state index contributed by atoms with van der Waals surface area (Å²) in [6.45, 7) is 1.37. The van der Waals surface area contributed by atoms with Crippen molar-refractivity contribution in [2.24, 2.45) is 0 Å². The van der Waals surface area contributed by atoms with Gasteiger partial charge in [-0.3, -0.25) is 9.40 Å². The van der Waals surface area contributed by atoms with Crippen molar-refractivity contribution in [3.05, 3.63) is 40.6 Å². The molecule has 3 rings (SSSR count). The lowest BCUT2D eigenvalue weighted by molar-refractivity contribution is 0.0662. The van der Waals surface area contributed by atoms with Gasteiger partial charge in [-0.25, -0.2) is 8.42 Å². The third-order valence-electron chi connectivity index (χ3n) is 3.60. The van der Waals surface area contributed by atoms with E-state index in [2.05, 4.69) is 9.82 Å². The summed E-state index contributed by atoms with van der Waals surface area (Å²) in [4.78, 5) is -0.0644. The molecule has 0 amide bonds. The smallest absolute Gasteiger partial charge is 0.263 e. The predicted octanol–water partition coefficient (Wildman–Crippen LogP) is 3.34. The number of sulfonamides is 1. The molecule has 0 bridgehead atoms. The Morgan fingerprint density at radius 3 is 2.74 bits per heavy atom. The lowest BCUT2D eigenvalue weighted by Crippen LogP contribution is -2.19. The van der Waals surface area contributed by atoms with E-state index in [9.17, 15) is 8.42 Å². The zero-order valence-corrected chi connectivity index (χ0v) is 14.4. The molecule has 1 saturated heterocycles. The zero-order chi connectivity index (χ0) is 16.4. The van der Waals surface area contributed by atoms with Crippen LogP contribution in [0.3, 0.4) is 0 Å². The molecular weight excluding hydrogens is 361 g/mol. The molecule has 9 heteroatoms. The average Bonchev–Trinajstić information content (AvgIpc) is 2.98. The van der Waals surface area contributed by atoms with E-state index in [4.69, 9.17) is 27.9 Å². The van der Waals surface area contributed by atoms with Crippen LogP contribution in [0.15, 0.2) is 35.5 Å². The standard InChI is InChI=1S/C14H15Cl2N3O3S/c15-10-1-2-13(16)14(7-10)23(20,21)18-11-8-17-19(9-11)12-3-5-22-6-4-12/h1-2,7-9,12,18H,3-6H2. The lowest BCUT2D eigenvalue weighted by atomic mass is 10.1. The highest BCUT2D eigenvalue weighted by molar-refractivity contribution is 7.92. The first-order chi connectivity index (χ1) is 11.0. The van der Waals surface area contributed by atoms with Crippen molar-refractivity contribution in [2.75, 3.05) is 17.9 Å². The van der Waals surface area contributed by atoms with Crippen LogP contribution in [0.1, 0.15) is 18.9 Å². The van der Waals surface area contributed by atoms with Crippen LogP contribution in [0.2, 0.25) is 10.0 Å². The first-order valence-electron chi connectivity index (χ1n) is 7.05. The molecule has 0 aliphatic carbocycles. The predicted molar refractivity (Wildman–Crippen MR) is 88.6 cm³/mol. The molecule has 2 aromatic rings. The number of hydrogen-bond donors (Lipinski definition) is 1. The molecule has 0 spiro atoms. The summed E-state index contributed by atoms with van der Waals surface area (Å²) < 4.78 is 34.4. The van der Waals surface area contributed by atoms with Gasteiger partial charge in [0.05, 0.1) is 22.9 Å². The Balaban J connectivity index is 1.81. The van der Waals surface area contributed by atoms with Crippen LogP contribution in [0.4, 0.5) is 5.69 Å². The molecule has 1 aromatic heterocycles. The summed E-state index contributed by atoms with van der Waals surface area (Å²) in [5, 5.41) is 4.64. The van der Waals surface area contributed by atoms with E-state index >= 15 is 0 Å². The molecule has 0 radical (unpaired) electrons. The van der Waals surface area contributed by atoms with Crippen molar-refractivity contribution in [3.8, 4) is 0 Å². The number of benzene rings is 1. The van der Waals surface area contributed by atoms with Crippen molar-refractivity contribution in [1.82, 2.24) is 9.78 Å². The molecule has 0 unspecified atom stereocenters. The lowest BCUT2D eigenvalue weighted by Gasteiger charge is -2.22. The number of rotatable bonds is 4. The number of anilines is 1. The number of aromatic nitrogens is 2. The van der Waals surface area contributed by atoms with Crippen LogP contribution in [0.5, 0.6) is 0 Å². The van der Waals surface area contributed by atoms with E-state index in [1.807, 2.05) is 0 Å². The van der Waals surface area contributed by atoms with E-state index in [-0.39, 0.29) is 16.0 Å². The molecule has 0 saturated carbocycles. The molecule has 1 N–H and O–H groups in total. The van der Waals surface area contributed by atoms with Gasteiger partial charge in [0.25, 0.3) is 10.0 Å². The summed E-state index contributed by atoms with van der Waals surface area (Å²) in [6, 6.07) is 4.52. The Labute approximate surface area is 144 Å². The van der Waals surface area contributed by atoms with Crippen LogP contribution in [-0.4, -0.2) is 31.4 Å². The number of halogens is 2.